The Labute approximate surface area is 161 Å². The van der Waals surface area contributed by atoms with Crippen molar-refractivity contribution in [2.45, 2.75) is 11.5 Å². The van der Waals surface area contributed by atoms with Crippen molar-refractivity contribution in [2.24, 2.45) is 5.11 Å². The largest absolute Gasteiger partial charge is 0.594 e. The predicted molar refractivity (Wildman–Crippen MR) is 108 cm³/mol. The molecule has 0 aliphatic heterocycles. The van der Waals surface area contributed by atoms with Gasteiger partial charge in [-0.1, -0.05) is 36.7 Å². The summed E-state index contributed by atoms with van der Waals surface area (Å²) in [5.74, 6) is 1.74. The number of nitrogens with zero attached hydrogens (tertiary/aromatic N) is 2. The molecule has 2 aromatic carbocycles. The van der Waals surface area contributed by atoms with Crippen LogP contribution >= 0.6 is 55.4 Å². The molecule has 122 valence electrons. The maximum Gasteiger partial charge on any atom is 0.246 e. The first kappa shape index (κ1) is 18.8. The molecule has 0 aromatic heterocycles. The van der Waals surface area contributed by atoms with Crippen LogP contribution in [0.25, 0.3) is 0 Å². The van der Waals surface area contributed by atoms with Crippen LogP contribution in [0.1, 0.15) is 11.1 Å². The molecular weight excluding hydrogens is 460 g/mol. The van der Waals surface area contributed by atoms with Crippen molar-refractivity contribution in [1.29, 1.82) is 0 Å². The first-order valence-corrected chi connectivity index (χ1v) is 11.1. The Morgan fingerprint density at radius 1 is 0.913 bits per heavy atom. The number of hydrogen-bond acceptors (Lipinski definition) is 4. The summed E-state index contributed by atoms with van der Waals surface area (Å²) in [6.07, 6.45) is 4.08. The van der Waals surface area contributed by atoms with Crippen molar-refractivity contribution in [1.82, 2.24) is 0 Å². The molecule has 0 aliphatic carbocycles. The lowest BCUT2D eigenvalue weighted by molar-refractivity contribution is -0.435. The van der Waals surface area contributed by atoms with Gasteiger partial charge in [0.25, 0.3) is 0 Å². The summed E-state index contributed by atoms with van der Waals surface area (Å²) in [6, 6.07) is 11.5. The lowest BCUT2D eigenvalue weighted by Crippen LogP contribution is -1.93. The molecule has 7 heteroatoms. The van der Waals surface area contributed by atoms with E-state index in [4.69, 9.17) is 0 Å². The molecule has 0 saturated carbocycles. The topological polar surface area (TPSA) is 38.4 Å². The average molecular weight is 476 g/mol. The van der Waals surface area contributed by atoms with Crippen LogP contribution in [-0.4, -0.2) is 17.4 Å². The second-order valence-corrected chi connectivity index (χ2v) is 8.44. The Hall–Kier alpha value is -0.500. The van der Waals surface area contributed by atoms with E-state index in [9.17, 15) is 5.21 Å². The van der Waals surface area contributed by atoms with Gasteiger partial charge < -0.3 is 5.21 Å². The number of rotatable bonds is 6. The monoisotopic (exact) mass is 474 g/mol. The van der Waals surface area contributed by atoms with E-state index in [0.717, 1.165) is 31.6 Å². The molecule has 0 radical (unpaired) electrons. The quantitative estimate of drug-likeness (QED) is 0.260. The molecule has 0 saturated heterocycles. The minimum atomic E-state index is 0.523. The van der Waals surface area contributed by atoms with Gasteiger partial charge in [0.2, 0.25) is 5.69 Å². The molecule has 0 fully saturated rings. The minimum absolute atomic E-state index is 0.523. The van der Waals surface area contributed by atoms with Gasteiger partial charge in [-0.05, 0) is 47.9 Å². The van der Waals surface area contributed by atoms with Gasteiger partial charge in [0, 0.05) is 37.7 Å². The second-order valence-electron chi connectivity index (χ2n) is 4.87. The summed E-state index contributed by atoms with van der Waals surface area (Å²) in [5.41, 5.74) is 3.39. The third-order valence-corrected chi connectivity index (χ3v) is 5.09. The second kappa shape index (κ2) is 9.11. The lowest BCUT2D eigenvalue weighted by Gasteiger charge is -2.05. The highest BCUT2D eigenvalue weighted by atomic mass is 79.9. The third kappa shape index (κ3) is 5.81. The van der Waals surface area contributed by atoms with Crippen LogP contribution in [-0.2, 0) is 11.5 Å². The van der Waals surface area contributed by atoms with Gasteiger partial charge in [-0.2, -0.15) is 23.5 Å². The fourth-order valence-corrected chi connectivity index (χ4v) is 4.15. The van der Waals surface area contributed by atoms with E-state index < -0.39 is 0 Å². The van der Waals surface area contributed by atoms with Crippen LogP contribution in [0.2, 0.25) is 0 Å². The van der Waals surface area contributed by atoms with E-state index in [1.54, 1.807) is 29.6 Å². The summed E-state index contributed by atoms with van der Waals surface area (Å²) in [4.78, 5) is 0.680. The fourth-order valence-electron chi connectivity index (χ4n) is 2.10. The molecule has 23 heavy (non-hydrogen) atoms. The zero-order valence-electron chi connectivity index (χ0n) is 12.8. The van der Waals surface area contributed by atoms with Crippen molar-refractivity contribution in [2.75, 3.05) is 12.5 Å². The molecule has 0 N–H and O–H groups in total. The van der Waals surface area contributed by atoms with Crippen LogP contribution in [0.5, 0.6) is 0 Å². The Bertz CT molecular complexity index is 723. The SMILES string of the molecule is CSCc1cc(Br)cc(/N=[N+](\[O-])c2cc(Br)cc(CSC)c2)c1. The number of halogens is 2. The van der Waals surface area contributed by atoms with Crippen molar-refractivity contribution in [3.8, 4) is 0 Å². The highest BCUT2D eigenvalue weighted by molar-refractivity contribution is 9.10. The summed E-state index contributed by atoms with van der Waals surface area (Å²) in [6.45, 7) is 0. The summed E-state index contributed by atoms with van der Waals surface area (Å²) >= 11 is 10.4. The Balaban J connectivity index is 2.35. The third-order valence-electron chi connectivity index (χ3n) is 2.93. The predicted octanol–water partition coefficient (Wildman–Crippen LogP) is 6.86. The van der Waals surface area contributed by atoms with E-state index >= 15 is 0 Å². The molecule has 2 aromatic rings. The smallest absolute Gasteiger partial charge is 0.246 e. The Kier molecular flexibility index (Phi) is 7.46. The lowest BCUT2D eigenvalue weighted by atomic mass is 10.2. The number of hydrogen-bond donors (Lipinski definition) is 0. The van der Waals surface area contributed by atoms with E-state index in [0.29, 0.717) is 16.2 Å². The number of benzene rings is 2. The van der Waals surface area contributed by atoms with E-state index in [-0.39, 0.29) is 0 Å². The standard InChI is InChI=1S/C16H16Br2N2OS2/c1-22-9-11-3-13(17)7-15(5-11)19-20(21)16-6-12(10-23-2)4-14(18)8-16/h3-8H,9-10H2,1-2H3/b20-19-. The molecule has 0 heterocycles. The van der Waals surface area contributed by atoms with Gasteiger partial charge in [-0.3, -0.25) is 0 Å². The van der Waals surface area contributed by atoms with Gasteiger partial charge in [-0.15, -0.1) is 0 Å². The molecule has 0 aliphatic rings. The van der Waals surface area contributed by atoms with Gasteiger partial charge in [0.1, 0.15) is 5.69 Å². The summed E-state index contributed by atoms with van der Waals surface area (Å²) < 4.78 is 1.81. The molecule has 0 spiro atoms. The highest BCUT2D eigenvalue weighted by Crippen LogP contribution is 2.28. The summed E-state index contributed by atoms with van der Waals surface area (Å²) in [7, 11) is 0. The van der Waals surface area contributed by atoms with E-state index in [1.807, 2.05) is 42.8 Å². The van der Waals surface area contributed by atoms with E-state index in [2.05, 4.69) is 37.0 Å². The highest BCUT2D eigenvalue weighted by Gasteiger charge is 2.09. The molecule has 0 amide bonds. The zero-order valence-corrected chi connectivity index (χ0v) is 17.6. The molecular formula is C16H16Br2N2OS2. The van der Waals surface area contributed by atoms with Crippen LogP contribution in [0.15, 0.2) is 50.5 Å². The molecule has 3 nitrogen and oxygen atoms in total. The van der Waals surface area contributed by atoms with Gasteiger partial charge in [0.15, 0.2) is 0 Å². The van der Waals surface area contributed by atoms with Crippen LogP contribution in [0.4, 0.5) is 11.4 Å². The fraction of sp³-hybridized carbons (Fsp3) is 0.250. The maximum atomic E-state index is 12.4. The maximum absolute atomic E-state index is 12.4. The van der Waals surface area contributed by atoms with E-state index in [1.165, 1.54) is 0 Å². The normalized spacial score (nSPS) is 11.7. The Morgan fingerprint density at radius 3 is 2.09 bits per heavy atom. The van der Waals surface area contributed by atoms with Gasteiger partial charge >= 0.3 is 0 Å². The van der Waals surface area contributed by atoms with Crippen molar-refractivity contribution in [3.63, 3.8) is 0 Å². The van der Waals surface area contributed by atoms with Gasteiger partial charge in [0.05, 0.1) is 0 Å². The molecule has 2 rings (SSSR count). The van der Waals surface area contributed by atoms with Gasteiger partial charge in [-0.25, -0.2) is 0 Å². The summed E-state index contributed by atoms with van der Waals surface area (Å²) in [5, 5.41) is 16.6. The first-order valence-electron chi connectivity index (χ1n) is 6.77. The Morgan fingerprint density at radius 2 is 1.48 bits per heavy atom. The minimum Gasteiger partial charge on any atom is -0.594 e. The average Bonchev–Trinajstić information content (AvgIpc) is 2.46. The number of azo groups is 1. The molecule has 0 bridgehead atoms. The van der Waals surface area contributed by atoms with Crippen molar-refractivity contribution < 1.29 is 4.86 Å². The molecule has 0 unspecified atom stereocenters. The van der Waals surface area contributed by atoms with Crippen LogP contribution < -0.4 is 0 Å². The zero-order chi connectivity index (χ0) is 16.8. The number of thioether (sulfide) groups is 2. The van der Waals surface area contributed by atoms with Crippen LogP contribution in [0, 0.1) is 5.21 Å². The molecule has 0 atom stereocenters. The van der Waals surface area contributed by atoms with Crippen molar-refractivity contribution >= 4 is 66.8 Å². The van der Waals surface area contributed by atoms with Crippen molar-refractivity contribution in [3.05, 3.63) is 61.7 Å². The van der Waals surface area contributed by atoms with Crippen LogP contribution in [0.3, 0.4) is 0 Å². The first-order chi connectivity index (χ1) is 11.0.